The maximum absolute atomic E-state index is 11.7. The van der Waals surface area contributed by atoms with Crippen molar-refractivity contribution in [3.05, 3.63) is 0 Å². The fraction of sp³-hybridized carbons (Fsp3) is 0.938. The number of hydrogen-bond acceptors (Lipinski definition) is 1. The van der Waals surface area contributed by atoms with Crippen LogP contribution in [0.5, 0.6) is 0 Å². The van der Waals surface area contributed by atoms with Gasteiger partial charge in [0, 0.05) is 12.8 Å². The fourth-order valence-electron chi connectivity index (χ4n) is 3.56. The zero-order valence-corrected chi connectivity index (χ0v) is 11.6. The van der Waals surface area contributed by atoms with Crippen LogP contribution in [0, 0.1) is 17.3 Å². The van der Waals surface area contributed by atoms with E-state index in [9.17, 15) is 4.79 Å². The van der Waals surface area contributed by atoms with E-state index in [1.807, 2.05) is 0 Å². The molecular weight excluding hydrogens is 208 g/mol. The predicted molar refractivity (Wildman–Crippen MR) is 71.9 cm³/mol. The van der Waals surface area contributed by atoms with Crippen LogP contribution >= 0.6 is 0 Å². The van der Waals surface area contributed by atoms with Gasteiger partial charge in [0.2, 0.25) is 0 Å². The highest BCUT2D eigenvalue weighted by atomic mass is 16.1. The van der Waals surface area contributed by atoms with E-state index in [2.05, 4.69) is 13.8 Å². The largest absolute Gasteiger partial charge is 0.300 e. The van der Waals surface area contributed by atoms with Crippen LogP contribution in [0.25, 0.3) is 0 Å². The summed E-state index contributed by atoms with van der Waals surface area (Å²) >= 11 is 0. The van der Waals surface area contributed by atoms with Crippen molar-refractivity contribution < 1.29 is 4.79 Å². The molecule has 0 N–H and O–H groups in total. The Balaban J connectivity index is 1.57. The van der Waals surface area contributed by atoms with Crippen LogP contribution in [-0.4, -0.2) is 5.78 Å². The van der Waals surface area contributed by atoms with Crippen molar-refractivity contribution in [2.75, 3.05) is 0 Å². The second-order valence-corrected chi connectivity index (χ2v) is 6.73. The smallest absolute Gasteiger partial charge is 0.132 e. The van der Waals surface area contributed by atoms with Crippen molar-refractivity contribution >= 4 is 5.78 Å². The second kappa shape index (κ2) is 5.54. The summed E-state index contributed by atoms with van der Waals surface area (Å²) in [4.78, 5) is 11.7. The van der Waals surface area contributed by atoms with E-state index in [4.69, 9.17) is 0 Å². The Kier molecular flexibility index (Phi) is 4.27. The minimum atomic E-state index is 0.516. The molecule has 2 fully saturated rings. The third kappa shape index (κ3) is 3.56. The van der Waals surface area contributed by atoms with E-state index in [1.54, 1.807) is 0 Å². The number of Topliss-reactive ketones (excluding diaryl/α,β-unsaturated/α-hetero) is 1. The molecule has 0 aromatic rings. The summed E-state index contributed by atoms with van der Waals surface area (Å²) < 4.78 is 0. The molecule has 0 saturated heterocycles. The van der Waals surface area contributed by atoms with Crippen molar-refractivity contribution in [2.45, 2.75) is 78.1 Å². The molecule has 0 amide bonds. The topological polar surface area (TPSA) is 17.1 Å². The van der Waals surface area contributed by atoms with Crippen LogP contribution in [0.3, 0.4) is 0 Å². The summed E-state index contributed by atoms with van der Waals surface area (Å²) in [6.07, 6.45) is 12.1. The standard InChI is InChI=1S/C16H28O/c1-3-4-5-6-15(17)8-7-13-9-10-16(2)12-14(16)11-13/h13-14H,3-12H2,1-2H3. The van der Waals surface area contributed by atoms with Crippen LogP contribution in [0.1, 0.15) is 78.1 Å². The molecule has 98 valence electrons. The molecule has 3 unspecified atom stereocenters. The Bertz CT molecular complexity index is 271. The molecule has 2 aliphatic carbocycles. The minimum Gasteiger partial charge on any atom is -0.300 e. The Morgan fingerprint density at radius 2 is 2.12 bits per heavy atom. The molecule has 2 aliphatic rings. The molecule has 0 aromatic heterocycles. The predicted octanol–water partition coefficient (Wildman–Crippen LogP) is 4.74. The van der Waals surface area contributed by atoms with Gasteiger partial charge in [-0.15, -0.1) is 0 Å². The third-order valence-electron chi connectivity index (χ3n) is 5.17. The van der Waals surface area contributed by atoms with E-state index < -0.39 is 0 Å². The quantitative estimate of drug-likeness (QED) is 0.583. The Labute approximate surface area is 106 Å². The second-order valence-electron chi connectivity index (χ2n) is 6.73. The molecule has 2 saturated carbocycles. The highest BCUT2D eigenvalue weighted by molar-refractivity contribution is 5.78. The average molecular weight is 236 g/mol. The molecule has 0 aliphatic heterocycles. The first-order chi connectivity index (χ1) is 8.14. The monoisotopic (exact) mass is 236 g/mol. The first-order valence-corrected chi connectivity index (χ1v) is 7.66. The first-order valence-electron chi connectivity index (χ1n) is 7.66. The van der Waals surface area contributed by atoms with Gasteiger partial charge in [-0.1, -0.05) is 26.7 Å². The maximum atomic E-state index is 11.7. The zero-order chi connectivity index (χ0) is 12.3. The highest BCUT2D eigenvalue weighted by Gasteiger charge is 2.52. The van der Waals surface area contributed by atoms with E-state index >= 15 is 0 Å². The van der Waals surface area contributed by atoms with E-state index in [-0.39, 0.29) is 0 Å². The molecule has 1 nitrogen and oxygen atoms in total. The normalized spacial score (nSPS) is 35.4. The van der Waals surface area contributed by atoms with Crippen molar-refractivity contribution in [1.82, 2.24) is 0 Å². The Morgan fingerprint density at radius 3 is 2.82 bits per heavy atom. The molecule has 2 rings (SSSR count). The van der Waals surface area contributed by atoms with Gasteiger partial charge >= 0.3 is 0 Å². The summed E-state index contributed by atoms with van der Waals surface area (Å²) in [5.41, 5.74) is 0.724. The number of unbranched alkanes of at least 4 members (excludes halogenated alkanes) is 2. The van der Waals surface area contributed by atoms with Crippen LogP contribution < -0.4 is 0 Å². The van der Waals surface area contributed by atoms with Crippen molar-refractivity contribution in [2.24, 2.45) is 17.3 Å². The van der Waals surface area contributed by atoms with Gasteiger partial charge in [-0.25, -0.2) is 0 Å². The number of fused-ring (bicyclic) bond motifs is 1. The van der Waals surface area contributed by atoms with Crippen LogP contribution in [0.4, 0.5) is 0 Å². The zero-order valence-electron chi connectivity index (χ0n) is 11.6. The number of carbonyl (C=O) groups is 1. The molecular formula is C16H28O. The van der Waals surface area contributed by atoms with Gasteiger partial charge in [-0.2, -0.15) is 0 Å². The molecule has 0 aromatic carbocycles. The lowest BCUT2D eigenvalue weighted by atomic mass is 9.80. The third-order valence-corrected chi connectivity index (χ3v) is 5.17. The summed E-state index contributed by atoms with van der Waals surface area (Å²) in [6, 6.07) is 0. The molecule has 0 heterocycles. The molecule has 17 heavy (non-hydrogen) atoms. The fourth-order valence-corrected chi connectivity index (χ4v) is 3.56. The Morgan fingerprint density at radius 1 is 1.29 bits per heavy atom. The minimum absolute atomic E-state index is 0.516. The summed E-state index contributed by atoms with van der Waals surface area (Å²) in [7, 11) is 0. The number of rotatable bonds is 7. The molecule has 3 atom stereocenters. The Hall–Kier alpha value is -0.330. The maximum Gasteiger partial charge on any atom is 0.132 e. The summed E-state index contributed by atoms with van der Waals surface area (Å²) in [6.45, 7) is 4.64. The molecule has 0 radical (unpaired) electrons. The van der Waals surface area contributed by atoms with Crippen LogP contribution in [0.15, 0.2) is 0 Å². The van der Waals surface area contributed by atoms with Gasteiger partial charge in [-0.3, -0.25) is 4.79 Å². The summed E-state index contributed by atoms with van der Waals surface area (Å²) in [5, 5.41) is 0. The lowest BCUT2D eigenvalue weighted by molar-refractivity contribution is -0.119. The van der Waals surface area contributed by atoms with Gasteiger partial charge in [0.15, 0.2) is 0 Å². The highest BCUT2D eigenvalue weighted by Crippen LogP contribution is 2.62. The lowest BCUT2D eigenvalue weighted by Crippen LogP contribution is -2.15. The van der Waals surface area contributed by atoms with Crippen molar-refractivity contribution in [3.8, 4) is 0 Å². The van der Waals surface area contributed by atoms with Gasteiger partial charge in [-0.05, 0) is 55.8 Å². The van der Waals surface area contributed by atoms with Gasteiger partial charge in [0.1, 0.15) is 5.78 Å². The van der Waals surface area contributed by atoms with Crippen molar-refractivity contribution in [1.29, 1.82) is 0 Å². The molecule has 1 heteroatoms. The van der Waals surface area contributed by atoms with Crippen LogP contribution in [0.2, 0.25) is 0 Å². The van der Waals surface area contributed by atoms with Gasteiger partial charge in [0.05, 0.1) is 0 Å². The SMILES string of the molecule is CCCCCC(=O)CCC1CCC2(C)CC2C1. The number of carbonyl (C=O) groups excluding carboxylic acids is 1. The lowest BCUT2D eigenvalue weighted by Gasteiger charge is -2.25. The first kappa shape index (κ1) is 13.1. The van der Waals surface area contributed by atoms with E-state index in [0.29, 0.717) is 5.78 Å². The molecule has 0 bridgehead atoms. The summed E-state index contributed by atoms with van der Waals surface area (Å²) in [5.74, 6) is 2.39. The van der Waals surface area contributed by atoms with E-state index in [1.165, 1.54) is 44.9 Å². The van der Waals surface area contributed by atoms with Crippen LogP contribution in [-0.2, 0) is 4.79 Å². The number of ketones is 1. The average Bonchev–Trinajstić information content (AvgIpc) is 2.97. The molecule has 0 spiro atoms. The number of hydrogen-bond donors (Lipinski definition) is 0. The van der Waals surface area contributed by atoms with Crippen molar-refractivity contribution in [3.63, 3.8) is 0 Å². The van der Waals surface area contributed by atoms with Gasteiger partial charge in [0.25, 0.3) is 0 Å². The van der Waals surface area contributed by atoms with E-state index in [0.717, 1.165) is 36.5 Å². The van der Waals surface area contributed by atoms with Gasteiger partial charge < -0.3 is 0 Å².